The van der Waals surface area contributed by atoms with Gasteiger partial charge in [-0.25, -0.2) is 9.78 Å². The van der Waals surface area contributed by atoms with Crippen molar-refractivity contribution in [2.24, 2.45) is 7.05 Å². The Balaban J connectivity index is 3.02. The molecule has 1 aromatic heterocycles. The maximum absolute atomic E-state index is 10.6. The number of anilines is 1. The fourth-order valence-corrected chi connectivity index (χ4v) is 1.55. The van der Waals surface area contributed by atoms with Gasteiger partial charge in [-0.3, -0.25) is 0 Å². The first-order valence-electron chi connectivity index (χ1n) is 3.69. The van der Waals surface area contributed by atoms with Crippen LogP contribution < -0.4 is 5.73 Å². The van der Waals surface area contributed by atoms with Crippen LogP contribution in [0.25, 0.3) is 0 Å². The van der Waals surface area contributed by atoms with Crippen LogP contribution in [-0.4, -0.2) is 32.7 Å². The van der Waals surface area contributed by atoms with Crippen LogP contribution >= 0.6 is 11.8 Å². The van der Waals surface area contributed by atoms with E-state index in [1.165, 1.54) is 4.57 Å². The molecule has 0 aliphatic carbocycles. The Morgan fingerprint density at radius 3 is 2.86 bits per heavy atom. The summed E-state index contributed by atoms with van der Waals surface area (Å²) in [4.78, 5) is 24.5. The third kappa shape index (κ3) is 1.87. The van der Waals surface area contributed by atoms with Gasteiger partial charge >= 0.3 is 5.97 Å². The first kappa shape index (κ1) is 10.6. The Bertz CT molecular complexity index is 375. The Morgan fingerprint density at radius 2 is 2.43 bits per heavy atom. The summed E-state index contributed by atoms with van der Waals surface area (Å²) in [5.74, 6) is -0.856. The lowest BCUT2D eigenvalue weighted by atomic mass is 10.4. The molecular formula is C7H9N3O3S. The lowest BCUT2D eigenvalue weighted by Gasteiger charge is -1.98. The number of rotatable bonds is 4. The molecule has 76 valence electrons. The van der Waals surface area contributed by atoms with Crippen molar-refractivity contribution in [1.82, 2.24) is 9.55 Å². The highest BCUT2D eigenvalue weighted by atomic mass is 32.2. The van der Waals surface area contributed by atoms with Crippen molar-refractivity contribution in [3.63, 3.8) is 0 Å². The van der Waals surface area contributed by atoms with E-state index in [-0.39, 0.29) is 17.3 Å². The van der Waals surface area contributed by atoms with E-state index >= 15 is 0 Å². The van der Waals surface area contributed by atoms with Gasteiger partial charge in [-0.05, 0) is 0 Å². The zero-order valence-corrected chi connectivity index (χ0v) is 8.24. The van der Waals surface area contributed by atoms with Gasteiger partial charge in [-0.2, -0.15) is 0 Å². The van der Waals surface area contributed by atoms with Crippen molar-refractivity contribution in [2.45, 2.75) is 5.16 Å². The summed E-state index contributed by atoms with van der Waals surface area (Å²) in [5.41, 5.74) is 5.31. The summed E-state index contributed by atoms with van der Waals surface area (Å²) in [6, 6.07) is 0. The molecule has 1 aromatic rings. The second-order valence-corrected chi connectivity index (χ2v) is 3.46. The van der Waals surface area contributed by atoms with Gasteiger partial charge in [0.2, 0.25) is 0 Å². The normalized spacial score (nSPS) is 10.1. The van der Waals surface area contributed by atoms with Crippen molar-refractivity contribution in [3.05, 3.63) is 5.69 Å². The van der Waals surface area contributed by atoms with Crippen LogP contribution in [0.5, 0.6) is 0 Å². The summed E-state index contributed by atoms with van der Waals surface area (Å²) in [7, 11) is 1.60. The highest BCUT2D eigenvalue weighted by Crippen LogP contribution is 2.21. The number of carbonyl (C=O) groups is 2. The van der Waals surface area contributed by atoms with E-state index in [9.17, 15) is 9.59 Å². The average Bonchev–Trinajstić information content (AvgIpc) is 2.42. The predicted molar refractivity (Wildman–Crippen MR) is 51.4 cm³/mol. The number of aromatic nitrogens is 2. The Kier molecular flexibility index (Phi) is 3.13. The van der Waals surface area contributed by atoms with E-state index in [0.29, 0.717) is 5.16 Å². The molecule has 7 heteroatoms. The Labute approximate surface area is 84.1 Å². The van der Waals surface area contributed by atoms with Crippen molar-refractivity contribution >= 4 is 29.8 Å². The Morgan fingerprint density at radius 1 is 1.79 bits per heavy atom. The molecule has 0 spiro atoms. The molecule has 0 aliphatic rings. The minimum atomic E-state index is -1.17. The van der Waals surface area contributed by atoms with E-state index in [4.69, 9.17) is 10.8 Å². The van der Waals surface area contributed by atoms with E-state index < -0.39 is 5.97 Å². The van der Waals surface area contributed by atoms with Gasteiger partial charge in [-0.1, -0.05) is 11.8 Å². The van der Waals surface area contributed by atoms with Crippen LogP contribution in [0.15, 0.2) is 5.16 Å². The number of aromatic carboxylic acids is 1. The SMILES string of the molecule is Cn1c(SCC=O)nc(C(=O)O)c1N. The number of nitrogens with two attached hydrogens (primary N) is 1. The van der Waals surface area contributed by atoms with Crippen LogP contribution in [0.4, 0.5) is 5.82 Å². The molecule has 3 N–H and O–H groups in total. The molecule has 0 aromatic carbocycles. The van der Waals surface area contributed by atoms with Gasteiger partial charge in [0, 0.05) is 7.05 Å². The van der Waals surface area contributed by atoms with Crippen LogP contribution in [0, 0.1) is 0 Å². The molecule has 0 saturated heterocycles. The van der Waals surface area contributed by atoms with Crippen LogP contribution in [0.2, 0.25) is 0 Å². The number of carboxylic acids is 1. The number of hydrogen-bond donors (Lipinski definition) is 2. The molecule has 6 nitrogen and oxygen atoms in total. The number of hydrogen-bond acceptors (Lipinski definition) is 5. The first-order valence-corrected chi connectivity index (χ1v) is 4.68. The molecule has 0 amide bonds. The molecule has 14 heavy (non-hydrogen) atoms. The third-order valence-electron chi connectivity index (χ3n) is 1.58. The number of nitrogen functional groups attached to an aromatic ring is 1. The van der Waals surface area contributed by atoms with Gasteiger partial charge in [-0.15, -0.1) is 0 Å². The van der Waals surface area contributed by atoms with Crippen molar-refractivity contribution in [3.8, 4) is 0 Å². The number of imidazole rings is 1. The van der Waals surface area contributed by atoms with E-state index in [0.717, 1.165) is 18.0 Å². The van der Waals surface area contributed by atoms with Gasteiger partial charge in [0.05, 0.1) is 5.75 Å². The smallest absolute Gasteiger partial charge is 0.358 e. The molecule has 0 fully saturated rings. The zero-order valence-electron chi connectivity index (χ0n) is 7.43. The molecule has 1 heterocycles. The monoisotopic (exact) mass is 215 g/mol. The quantitative estimate of drug-likeness (QED) is 0.541. The number of thioether (sulfide) groups is 1. The minimum absolute atomic E-state index is 0.0888. The summed E-state index contributed by atoms with van der Waals surface area (Å²) in [6.07, 6.45) is 0.718. The van der Waals surface area contributed by atoms with Gasteiger partial charge in [0.25, 0.3) is 0 Å². The predicted octanol–water partition coefficient (Wildman–Crippen LogP) is -0.00850. The fraction of sp³-hybridized carbons (Fsp3) is 0.286. The summed E-state index contributed by atoms with van der Waals surface area (Å²) >= 11 is 1.14. The van der Waals surface area contributed by atoms with Crippen LogP contribution in [0.1, 0.15) is 10.5 Å². The number of nitrogens with zero attached hydrogens (tertiary/aromatic N) is 2. The minimum Gasteiger partial charge on any atom is -0.476 e. The van der Waals surface area contributed by atoms with Crippen LogP contribution in [0.3, 0.4) is 0 Å². The molecule has 0 aliphatic heterocycles. The van der Waals surface area contributed by atoms with Crippen molar-refractivity contribution in [1.29, 1.82) is 0 Å². The zero-order chi connectivity index (χ0) is 10.7. The third-order valence-corrected chi connectivity index (χ3v) is 2.51. The molecule has 0 saturated carbocycles. The summed E-state index contributed by atoms with van der Waals surface area (Å²) < 4.78 is 1.44. The second-order valence-electron chi connectivity index (χ2n) is 2.47. The fourth-order valence-electron chi connectivity index (χ4n) is 0.885. The van der Waals surface area contributed by atoms with E-state index in [2.05, 4.69) is 4.98 Å². The highest BCUT2D eigenvalue weighted by molar-refractivity contribution is 7.99. The standard InChI is InChI=1S/C7H9N3O3S/c1-10-5(8)4(6(12)13)9-7(10)14-3-2-11/h2H,3,8H2,1H3,(H,12,13). The molecule has 0 unspecified atom stereocenters. The van der Waals surface area contributed by atoms with Crippen LogP contribution in [-0.2, 0) is 11.8 Å². The number of carbonyl (C=O) groups excluding carboxylic acids is 1. The number of carboxylic acid groups (broad SMARTS) is 1. The molecular weight excluding hydrogens is 206 g/mol. The van der Waals surface area contributed by atoms with E-state index in [1.54, 1.807) is 7.05 Å². The molecule has 0 radical (unpaired) electrons. The van der Waals surface area contributed by atoms with Crippen molar-refractivity contribution < 1.29 is 14.7 Å². The molecule has 0 bridgehead atoms. The van der Waals surface area contributed by atoms with E-state index in [1.807, 2.05) is 0 Å². The first-order chi connectivity index (χ1) is 6.57. The van der Waals surface area contributed by atoms with Gasteiger partial charge < -0.3 is 20.2 Å². The van der Waals surface area contributed by atoms with Gasteiger partial charge in [0.1, 0.15) is 12.1 Å². The topological polar surface area (TPSA) is 98.2 Å². The van der Waals surface area contributed by atoms with Crippen molar-refractivity contribution in [2.75, 3.05) is 11.5 Å². The highest BCUT2D eigenvalue weighted by Gasteiger charge is 2.17. The largest absolute Gasteiger partial charge is 0.476 e. The maximum Gasteiger partial charge on any atom is 0.358 e. The molecule has 1 rings (SSSR count). The molecule has 0 atom stereocenters. The second kappa shape index (κ2) is 4.14. The van der Waals surface area contributed by atoms with Gasteiger partial charge in [0.15, 0.2) is 10.9 Å². The Hall–Kier alpha value is -1.50. The lowest BCUT2D eigenvalue weighted by Crippen LogP contribution is -2.03. The lowest BCUT2D eigenvalue weighted by molar-refractivity contribution is -0.105. The summed E-state index contributed by atoms with van der Waals surface area (Å²) in [5, 5.41) is 9.12. The average molecular weight is 215 g/mol. The number of aldehydes is 1. The summed E-state index contributed by atoms with van der Waals surface area (Å²) in [6.45, 7) is 0. The maximum atomic E-state index is 10.6.